The Labute approximate surface area is 127 Å². The molecule has 1 fully saturated rings. The highest BCUT2D eigenvalue weighted by Gasteiger charge is 2.30. The highest BCUT2D eigenvalue weighted by atomic mass is 19.1. The van der Waals surface area contributed by atoms with Gasteiger partial charge in [0, 0.05) is 25.2 Å². The minimum absolute atomic E-state index is 0.0322. The van der Waals surface area contributed by atoms with Gasteiger partial charge in [-0.3, -0.25) is 4.79 Å². The second-order valence-electron chi connectivity index (χ2n) is 5.52. The summed E-state index contributed by atoms with van der Waals surface area (Å²) in [5.74, 6) is -1.41. The van der Waals surface area contributed by atoms with Crippen molar-refractivity contribution < 1.29 is 18.4 Å². The van der Waals surface area contributed by atoms with E-state index in [-0.39, 0.29) is 17.9 Å². The molecular formula is C15H19F2N3O2. The first-order chi connectivity index (χ1) is 10.4. The Kier molecular flexibility index (Phi) is 4.95. The van der Waals surface area contributed by atoms with E-state index in [1.54, 1.807) is 18.9 Å². The van der Waals surface area contributed by atoms with Gasteiger partial charge in [-0.15, -0.1) is 0 Å². The molecule has 2 rings (SSSR count). The summed E-state index contributed by atoms with van der Waals surface area (Å²) in [6.45, 7) is 2.24. The average molecular weight is 311 g/mol. The van der Waals surface area contributed by atoms with Crippen LogP contribution in [-0.4, -0.2) is 42.5 Å². The average Bonchev–Trinajstić information content (AvgIpc) is 2.75. The van der Waals surface area contributed by atoms with E-state index in [2.05, 4.69) is 10.6 Å². The Hall–Kier alpha value is -2.18. The number of hydrogen-bond acceptors (Lipinski definition) is 2. The zero-order valence-corrected chi connectivity index (χ0v) is 12.5. The Morgan fingerprint density at radius 3 is 2.59 bits per heavy atom. The number of carbonyl (C=O) groups excluding carboxylic acids is 2. The molecule has 1 aromatic rings. The van der Waals surface area contributed by atoms with E-state index in [0.717, 1.165) is 0 Å². The van der Waals surface area contributed by atoms with E-state index in [4.69, 9.17) is 0 Å². The lowest BCUT2D eigenvalue weighted by molar-refractivity contribution is -0.128. The van der Waals surface area contributed by atoms with Crippen molar-refractivity contribution in [2.45, 2.75) is 31.8 Å². The summed E-state index contributed by atoms with van der Waals surface area (Å²) in [6.07, 6.45) is 0.587. The quantitative estimate of drug-likeness (QED) is 0.883. The van der Waals surface area contributed by atoms with Crippen LogP contribution in [0, 0.1) is 11.6 Å². The van der Waals surface area contributed by atoms with Crippen molar-refractivity contribution in [3.63, 3.8) is 0 Å². The van der Waals surface area contributed by atoms with E-state index >= 15 is 0 Å². The summed E-state index contributed by atoms with van der Waals surface area (Å²) in [6, 6.07) is 2.12. The maximum atomic E-state index is 13.6. The van der Waals surface area contributed by atoms with Crippen molar-refractivity contribution in [1.82, 2.24) is 15.5 Å². The molecule has 1 aliphatic heterocycles. The minimum Gasteiger partial charge on any atom is -0.344 e. The molecular weight excluding hydrogens is 292 g/mol. The second-order valence-corrected chi connectivity index (χ2v) is 5.52. The number of likely N-dealkylation sites (tertiary alicyclic amines) is 1. The van der Waals surface area contributed by atoms with Crippen LogP contribution in [-0.2, 0) is 11.2 Å². The van der Waals surface area contributed by atoms with Crippen LogP contribution in [0.1, 0.15) is 18.9 Å². The number of nitrogens with zero attached hydrogens (tertiary/aromatic N) is 1. The molecule has 1 aromatic carbocycles. The van der Waals surface area contributed by atoms with Crippen molar-refractivity contribution in [3.05, 3.63) is 35.4 Å². The highest BCUT2D eigenvalue weighted by molar-refractivity contribution is 5.88. The molecule has 5 nitrogen and oxygen atoms in total. The van der Waals surface area contributed by atoms with Crippen LogP contribution in [0.5, 0.6) is 0 Å². The van der Waals surface area contributed by atoms with Gasteiger partial charge in [-0.25, -0.2) is 13.6 Å². The predicted octanol–water partition coefficient (Wildman–Crippen LogP) is 1.43. The largest absolute Gasteiger partial charge is 0.344 e. The van der Waals surface area contributed by atoms with Gasteiger partial charge in [0.15, 0.2) is 0 Å². The van der Waals surface area contributed by atoms with Crippen LogP contribution >= 0.6 is 0 Å². The molecule has 22 heavy (non-hydrogen) atoms. The van der Waals surface area contributed by atoms with Gasteiger partial charge in [0.1, 0.15) is 17.7 Å². The first-order valence-corrected chi connectivity index (χ1v) is 7.13. The maximum Gasteiger partial charge on any atom is 0.315 e. The number of benzene rings is 1. The summed E-state index contributed by atoms with van der Waals surface area (Å²) >= 11 is 0. The number of nitrogens with one attached hydrogen (secondary N) is 2. The molecule has 3 amide bonds. The fraction of sp³-hybridized carbons (Fsp3) is 0.467. The van der Waals surface area contributed by atoms with E-state index < -0.39 is 29.7 Å². The van der Waals surface area contributed by atoms with Gasteiger partial charge < -0.3 is 15.5 Å². The molecule has 0 bridgehead atoms. The standard InChI is InChI=1S/C15H19F2N3O2/c1-9(8-10-11(16)4-3-5-12(10)17)18-15(22)19-13-6-7-20(2)14(13)21/h3-5,9,13H,6-8H2,1-2H3,(H2,18,19,22). The molecule has 0 saturated carbocycles. The van der Waals surface area contributed by atoms with Gasteiger partial charge in [0.2, 0.25) is 5.91 Å². The summed E-state index contributed by atoms with van der Waals surface area (Å²) in [4.78, 5) is 25.1. The topological polar surface area (TPSA) is 61.4 Å². The zero-order valence-electron chi connectivity index (χ0n) is 12.5. The Morgan fingerprint density at radius 2 is 2.05 bits per heavy atom. The molecule has 1 heterocycles. The minimum atomic E-state index is -0.637. The monoisotopic (exact) mass is 311 g/mol. The molecule has 0 aromatic heterocycles. The van der Waals surface area contributed by atoms with E-state index in [9.17, 15) is 18.4 Å². The molecule has 2 unspecified atom stereocenters. The Bertz CT molecular complexity index is 560. The number of hydrogen-bond donors (Lipinski definition) is 2. The zero-order chi connectivity index (χ0) is 16.3. The van der Waals surface area contributed by atoms with Gasteiger partial charge >= 0.3 is 6.03 Å². The third kappa shape index (κ3) is 3.72. The van der Waals surface area contributed by atoms with Gasteiger partial charge in [0.25, 0.3) is 0 Å². The van der Waals surface area contributed by atoms with Gasteiger partial charge in [0.05, 0.1) is 0 Å². The molecule has 7 heteroatoms. The van der Waals surface area contributed by atoms with E-state index in [0.29, 0.717) is 13.0 Å². The molecule has 2 N–H and O–H groups in total. The highest BCUT2D eigenvalue weighted by Crippen LogP contribution is 2.14. The molecule has 0 aliphatic carbocycles. The molecule has 0 radical (unpaired) electrons. The number of rotatable bonds is 4. The summed E-state index contributed by atoms with van der Waals surface area (Å²) in [5, 5.41) is 5.17. The lowest BCUT2D eigenvalue weighted by atomic mass is 10.1. The SMILES string of the molecule is CC(Cc1c(F)cccc1F)NC(=O)NC1CCN(C)C1=O. The number of urea groups is 1. The summed E-state index contributed by atoms with van der Waals surface area (Å²) in [7, 11) is 1.67. The van der Waals surface area contributed by atoms with Crippen LogP contribution in [0.4, 0.5) is 13.6 Å². The normalized spacial score (nSPS) is 19.2. The third-order valence-corrected chi connectivity index (χ3v) is 3.68. The Balaban J connectivity index is 1.88. The number of halogens is 2. The van der Waals surface area contributed by atoms with Gasteiger partial charge in [-0.2, -0.15) is 0 Å². The molecule has 120 valence electrons. The van der Waals surface area contributed by atoms with Crippen LogP contribution < -0.4 is 10.6 Å². The van der Waals surface area contributed by atoms with Crippen LogP contribution in [0.25, 0.3) is 0 Å². The number of likely N-dealkylation sites (N-methyl/N-ethyl adjacent to an activating group) is 1. The lowest BCUT2D eigenvalue weighted by Crippen LogP contribution is -2.48. The van der Waals surface area contributed by atoms with Crippen molar-refractivity contribution in [2.24, 2.45) is 0 Å². The molecule has 2 atom stereocenters. The van der Waals surface area contributed by atoms with E-state index in [1.807, 2.05) is 0 Å². The fourth-order valence-electron chi connectivity index (χ4n) is 2.46. The van der Waals surface area contributed by atoms with Gasteiger partial charge in [-0.1, -0.05) is 6.07 Å². The summed E-state index contributed by atoms with van der Waals surface area (Å²) < 4.78 is 27.1. The first-order valence-electron chi connectivity index (χ1n) is 7.13. The number of carbonyl (C=O) groups is 2. The van der Waals surface area contributed by atoms with Crippen molar-refractivity contribution >= 4 is 11.9 Å². The fourth-order valence-corrected chi connectivity index (χ4v) is 2.46. The van der Waals surface area contributed by atoms with Crippen molar-refractivity contribution in [1.29, 1.82) is 0 Å². The number of amides is 3. The Morgan fingerprint density at radius 1 is 1.41 bits per heavy atom. The van der Waals surface area contributed by atoms with E-state index in [1.165, 1.54) is 18.2 Å². The van der Waals surface area contributed by atoms with Crippen LogP contribution in [0.3, 0.4) is 0 Å². The molecule has 1 saturated heterocycles. The smallest absolute Gasteiger partial charge is 0.315 e. The third-order valence-electron chi connectivity index (χ3n) is 3.68. The maximum absolute atomic E-state index is 13.6. The van der Waals surface area contributed by atoms with Crippen LogP contribution in [0.2, 0.25) is 0 Å². The van der Waals surface area contributed by atoms with Gasteiger partial charge in [-0.05, 0) is 31.9 Å². The summed E-state index contributed by atoms with van der Waals surface area (Å²) in [5.41, 5.74) is -0.0630. The predicted molar refractivity (Wildman–Crippen MR) is 77.2 cm³/mol. The molecule has 1 aliphatic rings. The lowest BCUT2D eigenvalue weighted by Gasteiger charge is -2.17. The second kappa shape index (κ2) is 6.72. The van der Waals surface area contributed by atoms with Crippen molar-refractivity contribution in [2.75, 3.05) is 13.6 Å². The first kappa shape index (κ1) is 16.2. The van der Waals surface area contributed by atoms with Crippen molar-refractivity contribution in [3.8, 4) is 0 Å². The van der Waals surface area contributed by atoms with Crippen LogP contribution in [0.15, 0.2) is 18.2 Å². The molecule has 0 spiro atoms.